The lowest BCUT2D eigenvalue weighted by molar-refractivity contribution is 0.0696. The molecule has 6 nitrogen and oxygen atoms in total. The summed E-state index contributed by atoms with van der Waals surface area (Å²) >= 11 is 0. The molecule has 1 N–H and O–H groups in total. The van der Waals surface area contributed by atoms with Crippen molar-refractivity contribution in [3.05, 3.63) is 59.7 Å². The largest absolute Gasteiger partial charge is 0.337 e. The second-order valence-corrected chi connectivity index (χ2v) is 6.28. The first-order chi connectivity index (χ1) is 12.2. The second kappa shape index (κ2) is 7.86. The average Bonchev–Trinajstić information content (AvgIpc) is 2.68. The normalized spacial score (nSPS) is 16.2. The molecule has 25 heavy (non-hydrogen) atoms. The van der Waals surface area contributed by atoms with Crippen LogP contribution < -0.4 is 5.32 Å². The number of amides is 1. The Morgan fingerprint density at radius 2 is 2.16 bits per heavy atom. The van der Waals surface area contributed by atoms with Crippen LogP contribution in [0.15, 0.2) is 42.9 Å². The van der Waals surface area contributed by atoms with Crippen LogP contribution in [0, 0.1) is 11.3 Å². The van der Waals surface area contributed by atoms with Crippen LogP contribution in [0.2, 0.25) is 0 Å². The lowest BCUT2D eigenvalue weighted by atomic mass is 10.0. The molecular formula is C19H21N5O. The molecule has 1 amide bonds. The highest BCUT2D eigenvalue weighted by molar-refractivity contribution is 5.92. The SMILES string of the molecule is CC(NC1CCN(C(=O)c2cnccn2)CC1)c1cccc(C#N)c1. The Balaban J connectivity index is 1.54. The topological polar surface area (TPSA) is 81.9 Å². The second-order valence-electron chi connectivity index (χ2n) is 6.28. The first-order valence-electron chi connectivity index (χ1n) is 8.49. The maximum absolute atomic E-state index is 12.4. The third kappa shape index (κ3) is 4.20. The van der Waals surface area contributed by atoms with Crippen LogP contribution in [0.3, 0.4) is 0 Å². The predicted octanol–water partition coefficient (Wildman–Crippen LogP) is 2.30. The van der Waals surface area contributed by atoms with Gasteiger partial charge in [-0.15, -0.1) is 0 Å². The van der Waals surface area contributed by atoms with E-state index in [0.717, 1.165) is 18.4 Å². The number of likely N-dealkylation sites (tertiary alicyclic amines) is 1. The van der Waals surface area contributed by atoms with Gasteiger partial charge >= 0.3 is 0 Å². The van der Waals surface area contributed by atoms with Gasteiger partial charge in [0.05, 0.1) is 17.8 Å². The highest BCUT2D eigenvalue weighted by Crippen LogP contribution is 2.19. The van der Waals surface area contributed by atoms with Crippen LogP contribution in [0.1, 0.15) is 47.4 Å². The van der Waals surface area contributed by atoms with Crippen molar-refractivity contribution >= 4 is 5.91 Å². The van der Waals surface area contributed by atoms with Crippen molar-refractivity contribution in [2.45, 2.75) is 31.8 Å². The number of benzene rings is 1. The summed E-state index contributed by atoms with van der Waals surface area (Å²) in [5.74, 6) is -0.0543. The summed E-state index contributed by atoms with van der Waals surface area (Å²) < 4.78 is 0. The summed E-state index contributed by atoms with van der Waals surface area (Å²) in [4.78, 5) is 22.3. The number of hydrogen-bond acceptors (Lipinski definition) is 5. The average molecular weight is 335 g/mol. The monoisotopic (exact) mass is 335 g/mol. The summed E-state index contributed by atoms with van der Waals surface area (Å²) in [5, 5.41) is 12.6. The number of aromatic nitrogens is 2. The number of piperidine rings is 1. The molecular weight excluding hydrogens is 314 g/mol. The van der Waals surface area contributed by atoms with Gasteiger partial charge in [0.2, 0.25) is 0 Å². The van der Waals surface area contributed by atoms with Gasteiger partial charge in [0.25, 0.3) is 5.91 Å². The molecule has 1 aliphatic rings. The highest BCUT2D eigenvalue weighted by Gasteiger charge is 2.25. The maximum Gasteiger partial charge on any atom is 0.274 e. The molecule has 0 aliphatic carbocycles. The quantitative estimate of drug-likeness (QED) is 0.927. The zero-order chi connectivity index (χ0) is 17.6. The van der Waals surface area contributed by atoms with Gasteiger partial charge in [0.1, 0.15) is 5.69 Å². The minimum atomic E-state index is -0.0543. The van der Waals surface area contributed by atoms with Crippen LogP contribution in [-0.2, 0) is 0 Å². The Kier molecular flexibility index (Phi) is 5.36. The lowest BCUT2D eigenvalue weighted by Gasteiger charge is -2.33. The van der Waals surface area contributed by atoms with Crippen molar-refractivity contribution in [2.75, 3.05) is 13.1 Å². The third-order valence-corrected chi connectivity index (χ3v) is 4.57. The van der Waals surface area contributed by atoms with Gasteiger partial charge in [-0.1, -0.05) is 12.1 Å². The molecule has 1 aromatic carbocycles. The van der Waals surface area contributed by atoms with E-state index in [9.17, 15) is 4.79 Å². The molecule has 2 heterocycles. The molecule has 1 unspecified atom stereocenters. The molecule has 1 saturated heterocycles. The Bertz CT molecular complexity index is 763. The molecule has 0 spiro atoms. The van der Waals surface area contributed by atoms with Crippen LogP contribution in [0.4, 0.5) is 0 Å². The molecule has 2 aromatic rings. The van der Waals surface area contributed by atoms with E-state index < -0.39 is 0 Å². The van der Waals surface area contributed by atoms with E-state index in [1.54, 1.807) is 12.4 Å². The first kappa shape index (κ1) is 17.1. The summed E-state index contributed by atoms with van der Waals surface area (Å²) in [6.45, 7) is 3.52. The minimum Gasteiger partial charge on any atom is -0.337 e. The fraction of sp³-hybridized carbons (Fsp3) is 0.368. The molecule has 1 atom stereocenters. The molecule has 128 valence electrons. The fourth-order valence-corrected chi connectivity index (χ4v) is 3.15. The molecule has 1 aromatic heterocycles. The molecule has 0 bridgehead atoms. The number of carbonyl (C=O) groups excluding carboxylic acids is 1. The van der Waals surface area contributed by atoms with Crippen molar-refractivity contribution in [1.82, 2.24) is 20.2 Å². The van der Waals surface area contributed by atoms with E-state index in [0.29, 0.717) is 30.4 Å². The van der Waals surface area contributed by atoms with Gasteiger partial charge in [0, 0.05) is 37.6 Å². The van der Waals surface area contributed by atoms with E-state index in [1.165, 1.54) is 6.20 Å². The van der Waals surface area contributed by atoms with Crippen LogP contribution in [-0.4, -0.2) is 39.9 Å². The number of rotatable bonds is 4. The van der Waals surface area contributed by atoms with Gasteiger partial charge in [-0.05, 0) is 37.5 Å². The van der Waals surface area contributed by atoms with E-state index in [-0.39, 0.29) is 11.9 Å². The Hall–Kier alpha value is -2.78. The standard InChI is InChI=1S/C19H21N5O/c1-14(16-4-2-3-15(11-16)12-20)23-17-5-9-24(10-6-17)19(25)18-13-21-7-8-22-18/h2-4,7-8,11,13-14,17,23H,5-6,9-10H2,1H3. The smallest absolute Gasteiger partial charge is 0.274 e. The zero-order valence-corrected chi connectivity index (χ0v) is 14.2. The number of nitriles is 1. The molecule has 0 saturated carbocycles. The summed E-state index contributed by atoms with van der Waals surface area (Å²) in [6.07, 6.45) is 6.41. The van der Waals surface area contributed by atoms with E-state index in [4.69, 9.17) is 5.26 Å². The van der Waals surface area contributed by atoms with Crippen molar-refractivity contribution in [3.63, 3.8) is 0 Å². The van der Waals surface area contributed by atoms with Gasteiger partial charge in [-0.2, -0.15) is 5.26 Å². The van der Waals surface area contributed by atoms with Gasteiger partial charge in [-0.25, -0.2) is 4.98 Å². The lowest BCUT2D eigenvalue weighted by Crippen LogP contribution is -2.45. The molecule has 6 heteroatoms. The van der Waals surface area contributed by atoms with Crippen LogP contribution in [0.5, 0.6) is 0 Å². The number of hydrogen-bond donors (Lipinski definition) is 1. The van der Waals surface area contributed by atoms with E-state index in [2.05, 4.69) is 28.3 Å². The zero-order valence-electron chi connectivity index (χ0n) is 14.2. The molecule has 1 aliphatic heterocycles. The summed E-state index contributed by atoms with van der Waals surface area (Å²) in [7, 11) is 0. The van der Waals surface area contributed by atoms with Crippen molar-refractivity contribution in [1.29, 1.82) is 5.26 Å². The Morgan fingerprint density at radius 3 is 2.84 bits per heavy atom. The maximum atomic E-state index is 12.4. The highest BCUT2D eigenvalue weighted by atomic mass is 16.2. The fourth-order valence-electron chi connectivity index (χ4n) is 3.15. The van der Waals surface area contributed by atoms with E-state index >= 15 is 0 Å². The van der Waals surface area contributed by atoms with Crippen molar-refractivity contribution in [3.8, 4) is 6.07 Å². The molecule has 0 radical (unpaired) electrons. The number of nitrogens with zero attached hydrogens (tertiary/aromatic N) is 4. The minimum absolute atomic E-state index is 0.0543. The van der Waals surface area contributed by atoms with Crippen LogP contribution in [0.25, 0.3) is 0 Å². The summed E-state index contributed by atoms with van der Waals surface area (Å²) in [6, 6.07) is 10.4. The van der Waals surface area contributed by atoms with E-state index in [1.807, 2.05) is 29.2 Å². The number of nitrogens with one attached hydrogen (secondary N) is 1. The molecule has 1 fully saturated rings. The van der Waals surface area contributed by atoms with Gasteiger partial charge in [0.15, 0.2) is 0 Å². The van der Waals surface area contributed by atoms with Crippen molar-refractivity contribution in [2.24, 2.45) is 0 Å². The molecule has 3 rings (SSSR count). The Morgan fingerprint density at radius 1 is 1.36 bits per heavy atom. The predicted molar refractivity (Wildman–Crippen MR) is 93.7 cm³/mol. The van der Waals surface area contributed by atoms with Gasteiger partial charge in [-0.3, -0.25) is 9.78 Å². The van der Waals surface area contributed by atoms with Crippen LogP contribution >= 0.6 is 0 Å². The first-order valence-corrected chi connectivity index (χ1v) is 8.49. The van der Waals surface area contributed by atoms with Gasteiger partial charge < -0.3 is 10.2 Å². The number of carbonyl (C=O) groups is 1. The Labute approximate surface area is 147 Å². The third-order valence-electron chi connectivity index (χ3n) is 4.57. The summed E-state index contributed by atoms with van der Waals surface area (Å²) in [5.41, 5.74) is 2.18. The van der Waals surface area contributed by atoms with Crippen molar-refractivity contribution < 1.29 is 4.79 Å².